The largest absolute Gasteiger partial charge is 0.476 e. The summed E-state index contributed by atoms with van der Waals surface area (Å²) in [6, 6.07) is 7.87. The molecule has 0 saturated heterocycles. The quantitative estimate of drug-likeness (QED) is 0.646. The average molecular weight is 213 g/mol. The number of aromatic nitrogens is 3. The maximum atomic E-state index is 5.39. The monoisotopic (exact) mass is 213 g/mol. The summed E-state index contributed by atoms with van der Waals surface area (Å²) in [5.74, 6) is 0.566. The fourth-order valence-corrected chi connectivity index (χ4v) is 1.81. The Morgan fingerprint density at radius 1 is 1.38 bits per heavy atom. The van der Waals surface area contributed by atoms with Gasteiger partial charge < -0.3 is 4.74 Å². The minimum atomic E-state index is 0.566. The molecule has 4 heteroatoms. The van der Waals surface area contributed by atoms with Gasteiger partial charge in [-0.25, -0.2) is 9.50 Å². The molecule has 0 aliphatic rings. The van der Waals surface area contributed by atoms with E-state index in [1.54, 1.807) is 4.52 Å². The highest BCUT2D eigenvalue weighted by molar-refractivity contribution is 5.80. The van der Waals surface area contributed by atoms with Crippen LogP contribution in [0, 0.1) is 0 Å². The predicted molar refractivity (Wildman–Crippen MR) is 62.4 cm³/mol. The number of imidazole rings is 1. The normalized spacial score (nSPS) is 11.3. The van der Waals surface area contributed by atoms with Crippen molar-refractivity contribution >= 4 is 23.3 Å². The van der Waals surface area contributed by atoms with Gasteiger partial charge in [-0.05, 0) is 19.1 Å². The molecule has 16 heavy (non-hydrogen) atoms. The summed E-state index contributed by atoms with van der Waals surface area (Å²) in [6.45, 7) is 6.46. The van der Waals surface area contributed by atoms with Crippen molar-refractivity contribution in [2.24, 2.45) is 0 Å². The summed E-state index contributed by atoms with van der Waals surface area (Å²) in [6.07, 6.45) is 0. The van der Waals surface area contributed by atoms with Crippen molar-refractivity contribution in [1.82, 2.24) is 14.6 Å². The van der Waals surface area contributed by atoms with Crippen LogP contribution in [0.4, 0.5) is 0 Å². The standard InChI is InChI=1S/C12H11N3O/c1-3-16-12-8(2)11-13-9-6-4-5-7-10(9)15(11)14-12/h4-7H,2-3H2,1H3. The van der Waals surface area contributed by atoms with Gasteiger partial charge in [0, 0.05) is 0 Å². The lowest BCUT2D eigenvalue weighted by atomic mass is 10.3. The Morgan fingerprint density at radius 3 is 3.00 bits per heavy atom. The van der Waals surface area contributed by atoms with Crippen LogP contribution in [-0.4, -0.2) is 21.2 Å². The lowest BCUT2D eigenvalue weighted by Crippen LogP contribution is -2.03. The van der Waals surface area contributed by atoms with Gasteiger partial charge in [0.15, 0.2) is 5.65 Å². The van der Waals surface area contributed by atoms with Crippen molar-refractivity contribution in [1.29, 1.82) is 0 Å². The SMILES string of the molecule is C=c1c(OCC)nn2c1nc1ccccc12. The highest BCUT2D eigenvalue weighted by atomic mass is 16.5. The third kappa shape index (κ3) is 1.10. The summed E-state index contributed by atoms with van der Waals surface area (Å²) >= 11 is 0. The van der Waals surface area contributed by atoms with Gasteiger partial charge in [0.05, 0.1) is 22.9 Å². The molecule has 1 aromatic carbocycles. The lowest BCUT2D eigenvalue weighted by molar-refractivity contribution is 0.323. The van der Waals surface area contributed by atoms with E-state index in [-0.39, 0.29) is 0 Å². The van der Waals surface area contributed by atoms with Gasteiger partial charge >= 0.3 is 0 Å². The van der Waals surface area contributed by atoms with Crippen molar-refractivity contribution < 1.29 is 4.74 Å². The van der Waals surface area contributed by atoms with E-state index in [2.05, 4.69) is 16.7 Å². The first-order valence-corrected chi connectivity index (χ1v) is 5.20. The van der Waals surface area contributed by atoms with E-state index in [1.807, 2.05) is 31.2 Å². The maximum Gasteiger partial charge on any atom is 0.242 e. The molecular weight excluding hydrogens is 202 g/mol. The molecular formula is C12H11N3O. The first-order valence-electron chi connectivity index (χ1n) is 5.20. The second-order valence-corrected chi connectivity index (χ2v) is 3.55. The zero-order valence-electron chi connectivity index (χ0n) is 8.97. The van der Waals surface area contributed by atoms with Crippen LogP contribution >= 0.6 is 0 Å². The van der Waals surface area contributed by atoms with E-state index >= 15 is 0 Å². The van der Waals surface area contributed by atoms with E-state index in [0.29, 0.717) is 12.5 Å². The molecule has 2 aromatic heterocycles. The van der Waals surface area contributed by atoms with Crippen LogP contribution < -0.4 is 9.96 Å². The molecule has 0 unspecified atom stereocenters. The number of para-hydroxylation sites is 2. The minimum absolute atomic E-state index is 0.566. The Balaban J connectivity index is 2.39. The molecule has 0 saturated carbocycles. The number of benzene rings is 1. The van der Waals surface area contributed by atoms with E-state index in [0.717, 1.165) is 21.9 Å². The van der Waals surface area contributed by atoms with Crippen LogP contribution in [0.2, 0.25) is 0 Å². The van der Waals surface area contributed by atoms with Crippen molar-refractivity contribution in [3.8, 4) is 5.88 Å². The van der Waals surface area contributed by atoms with Crippen molar-refractivity contribution in [3.05, 3.63) is 29.5 Å². The number of fused-ring (bicyclic) bond motifs is 3. The molecule has 0 amide bonds. The Hall–Kier alpha value is -2.10. The Morgan fingerprint density at radius 2 is 2.19 bits per heavy atom. The molecule has 0 bridgehead atoms. The summed E-state index contributed by atoms with van der Waals surface area (Å²) in [7, 11) is 0. The van der Waals surface area contributed by atoms with Gasteiger partial charge in [0.2, 0.25) is 5.88 Å². The van der Waals surface area contributed by atoms with Crippen LogP contribution in [-0.2, 0) is 0 Å². The zero-order valence-corrected chi connectivity index (χ0v) is 8.97. The number of ether oxygens (including phenoxy) is 1. The van der Waals surface area contributed by atoms with Crippen LogP contribution in [0.5, 0.6) is 5.88 Å². The topological polar surface area (TPSA) is 39.4 Å². The Bertz CT molecular complexity index is 702. The number of rotatable bonds is 2. The van der Waals surface area contributed by atoms with Crippen LogP contribution in [0.3, 0.4) is 0 Å². The van der Waals surface area contributed by atoms with Crippen LogP contribution in [0.25, 0.3) is 23.3 Å². The second-order valence-electron chi connectivity index (χ2n) is 3.55. The molecule has 0 fully saturated rings. The third-order valence-corrected chi connectivity index (χ3v) is 2.54. The van der Waals surface area contributed by atoms with Crippen LogP contribution in [0.1, 0.15) is 6.92 Å². The molecule has 0 aliphatic carbocycles. The summed E-state index contributed by atoms with van der Waals surface area (Å²) in [4.78, 5) is 4.48. The van der Waals surface area contributed by atoms with E-state index in [4.69, 9.17) is 4.74 Å². The number of nitrogens with zero attached hydrogens (tertiary/aromatic N) is 3. The van der Waals surface area contributed by atoms with Gasteiger partial charge in [-0.1, -0.05) is 18.7 Å². The first-order chi connectivity index (χ1) is 7.81. The molecule has 0 N–H and O–H groups in total. The molecule has 3 rings (SSSR count). The van der Waals surface area contributed by atoms with Crippen molar-refractivity contribution in [3.63, 3.8) is 0 Å². The summed E-state index contributed by atoms with van der Waals surface area (Å²) in [5.41, 5.74) is 2.68. The molecule has 0 spiro atoms. The highest BCUT2D eigenvalue weighted by Crippen LogP contribution is 2.15. The fourth-order valence-electron chi connectivity index (χ4n) is 1.81. The lowest BCUT2D eigenvalue weighted by Gasteiger charge is -1.95. The van der Waals surface area contributed by atoms with Crippen molar-refractivity contribution in [2.45, 2.75) is 6.92 Å². The molecule has 0 radical (unpaired) electrons. The number of hydrogen-bond acceptors (Lipinski definition) is 3. The smallest absolute Gasteiger partial charge is 0.242 e. The molecule has 0 atom stereocenters. The molecule has 4 nitrogen and oxygen atoms in total. The minimum Gasteiger partial charge on any atom is -0.476 e. The predicted octanol–water partition coefficient (Wildman–Crippen LogP) is 1.41. The van der Waals surface area contributed by atoms with E-state index < -0.39 is 0 Å². The maximum absolute atomic E-state index is 5.39. The Kier molecular flexibility index (Phi) is 1.83. The second kappa shape index (κ2) is 3.20. The van der Waals surface area contributed by atoms with Gasteiger partial charge in [-0.15, -0.1) is 5.10 Å². The van der Waals surface area contributed by atoms with Gasteiger partial charge in [-0.3, -0.25) is 0 Å². The van der Waals surface area contributed by atoms with Gasteiger partial charge in [-0.2, -0.15) is 0 Å². The van der Waals surface area contributed by atoms with Gasteiger partial charge in [0.25, 0.3) is 0 Å². The molecule has 80 valence electrons. The zero-order chi connectivity index (χ0) is 11.1. The first kappa shape index (κ1) is 9.15. The van der Waals surface area contributed by atoms with Gasteiger partial charge in [0.1, 0.15) is 0 Å². The fraction of sp³-hybridized carbons (Fsp3) is 0.167. The molecule has 3 aromatic rings. The molecule has 2 heterocycles. The third-order valence-electron chi connectivity index (χ3n) is 2.54. The number of hydrogen-bond donors (Lipinski definition) is 0. The summed E-state index contributed by atoms with van der Waals surface area (Å²) in [5, 5.41) is 5.11. The average Bonchev–Trinajstić information content (AvgIpc) is 2.79. The molecule has 0 aliphatic heterocycles. The van der Waals surface area contributed by atoms with Crippen LogP contribution in [0.15, 0.2) is 24.3 Å². The van der Waals surface area contributed by atoms with E-state index in [9.17, 15) is 0 Å². The summed E-state index contributed by atoms with van der Waals surface area (Å²) < 4.78 is 7.17. The van der Waals surface area contributed by atoms with Crippen molar-refractivity contribution in [2.75, 3.05) is 6.61 Å². The Labute approximate surface area is 92.1 Å². The van der Waals surface area contributed by atoms with E-state index in [1.165, 1.54) is 0 Å². The highest BCUT2D eigenvalue weighted by Gasteiger charge is 2.11.